The number of nitrogens with zero attached hydrogens (tertiary/aromatic N) is 1. The Kier molecular flexibility index (Phi) is 2.81. The van der Waals surface area contributed by atoms with E-state index < -0.39 is 5.97 Å². The normalized spacial score (nSPS) is 13.9. The molecule has 0 atom stereocenters. The Hall–Kier alpha value is -1.58. The molecule has 1 N–H and O–H groups in total. The second kappa shape index (κ2) is 4.12. The molecule has 1 aliphatic carbocycles. The minimum absolute atomic E-state index is 0.0648. The van der Waals surface area contributed by atoms with E-state index in [1.807, 2.05) is 13.8 Å². The molecule has 0 spiro atoms. The molecule has 0 radical (unpaired) electrons. The summed E-state index contributed by atoms with van der Waals surface area (Å²) < 4.78 is 5.44. The number of pyridine rings is 1. The summed E-state index contributed by atoms with van der Waals surface area (Å²) in [5.74, 6) is -0.721. The van der Waals surface area contributed by atoms with E-state index >= 15 is 0 Å². The third-order valence-electron chi connectivity index (χ3n) is 2.59. The van der Waals surface area contributed by atoms with Gasteiger partial charge in [-0.15, -0.1) is 0 Å². The minimum Gasteiger partial charge on any atom is -0.477 e. The van der Waals surface area contributed by atoms with Gasteiger partial charge in [0.25, 0.3) is 0 Å². The van der Waals surface area contributed by atoms with Crippen LogP contribution in [0.25, 0.3) is 0 Å². The van der Waals surface area contributed by atoms with Gasteiger partial charge < -0.3 is 9.84 Å². The smallest absolute Gasteiger partial charge is 0.341 e. The highest BCUT2D eigenvalue weighted by atomic mass is 16.5. The summed E-state index contributed by atoms with van der Waals surface area (Å²) in [6.45, 7) is 3.72. The summed E-state index contributed by atoms with van der Waals surface area (Å²) in [6.07, 6.45) is 2.82. The van der Waals surface area contributed by atoms with Crippen LogP contribution in [0.4, 0.5) is 0 Å². The van der Waals surface area contributed by atoms with Crippen molar-refractivity contribution in [3.05, 3.63) is 22.9 Å². The van der Waals surface area contributed by atoms with Crippen molar-refractivity contribution in [3.8, 4) is 5.88 Å². The van der Waals surface area contributed by atoms with Gasteiger partial charge in [-0.05, 0) is 44.7 Å². The number of ether oxygens (including phenoxy) is 1. The zero-order chi connectivity index (χ0) is 11.7. The number of carboxylic acids is 1. The van der Waals surface area contributed by atoms with Gasteiger partial charge >= 0.3 is 5.97 Å². The Balaban J connectivity index is 2.44. The molecule has 0 aliphatic heterocycles. The molecule has 16 heavy (non-hydrogen) atoms. The lowest BCUT2D eigenvalue weighted by Gasteiger charge is -2.12. The van der Waals surface area contributed by atoms with Crippen LogP contribution in [0.1, 0.15) is 41.9 Å². The number of aromatic carboxylic acids is 1. The van der Waals surface area contributed by atoms with Crippen LogP contribution in [0.2, 0.25) is 0 Å². The summed E-state index contributed by atoms with van der Waals surface area (Å²) in [7, 11) is 0. The maximum Gasteiger partial charge on any atom is 0.341 e. The highest BCUT2D eigenvalue weighted by molar-refractivity contribution is 5.90. The molecular weight excluding hydrogens is 206 g/mol. The molecule has 86 valence electrons. The first-order valence-corrected chi connectivity index (χ1v) is 5.50. The van der Waals surface area contributed by atoms with Crippen LogP contribution in [-0.2, 0) is 12.8 Å². The second-order valence-electron chi connectivity index (χ2n) is 4.27. The number of aryl methyl sites for hydroxylation is 2. The zero-order valence-corrected chi connectivity index (χ0v) is 9.49. The summed E-state index contributed by atoms with van der Waals surface area (Å²) in [4.78, 5) is 15.4. The maximum absolute atomic E-state index is 11.1. The summed E-state index contributed by atoms with van der Waals surface area (Å²) in [6, 6.07) is 1.70. The SMILES string of the molecule is CC(C)Oc1nc2c(cc1C(=O)O)CCC2. The first-order chi connectivity index (χ1) is 7.58. The molecule has 0 saturated heterocycles. The first kappa shape index (κ1) is 10.9. The maximum atomic E-state index is 11.1. The number of rotatable bonds is 3. The Labute approximate surface area is 94.3 Å². The van der Waals surface area contributed by atoms with Crippen molar-refractivity contribution in [1.82, 2.24) is 4.98 Å². The molecule has 1 aromatic rings. The molecule has 0 bridgehead atoms. The fraction of sp³-hybridized carbons (Fsp3) is 0.500. The van der Waals surface area contributed by atoms with Gasteiger partial charge in [-0.3, -0.25) is 0 Å². The standard InChI is InChI=1S/C12H15NO3/c1-7(2)16-11-9(12(14)15)6-8-4-3-5-10(8)13-11/h6-7H,3-5H2,1-2H3,(H,14,15). The lowest BCUT2D eigenvalue weighted by molar-refractivity contribution is 0.0689. The van der Waals surface area contributed by atoms with Crippen molar-refractivity contribution in [2.75, 3.05) is 0 Å². The molecule has 4 heteroatoms. The minimum atomic E-state index is -0.974. The second-order valence-corrected chi connectivity index (χ2v) is 4.27. The number of fused-ring (bicyclic) bond motifs is 1. The van der Waals surface area contributed by atoms with Crippen molar-refractivity contribution in [1.29, 1.82) is 0 Å². The van der Waals surface area contributed by atoms with E-state index in [4.69, 9.17) is 9.84 Å². The molecule has 0 saturated carbocycles. The van der Waals surface area contributed by atoms with E-state index in [9.17, 15) is 4.79 Å². The van der Waals surface area contributed by atoms with Gasteiger partial charge in [0.15, 0.2) is 0 Å². The van der Waals surface area contributed by atoms with Gasteiger partial charge in [0, 0.05) is 5.69 Å². The average molecular weight is 221 g/mol. The van der Waals surface area contributed by atoms with Crippen LogP contribution in [-0.4, -0.2) is 22.2 Å². The average Bonchev–Trinajstić information content (AvgIpc) is 2.62. The molecule has 0 unspecified atom stereocenters. The fourth-order valence-electron chi connectivity index (χ4n) is 1.92. The van der Waals surface area contributed by atoms with E-state index in [1.165, 1.54) is 0 Å². The van der Waals surface area contributed by atoms with Crippen LogP contribution >= 0.6 is 0 Å². The van der Waals surface area contributed by atoms with Gasteiger partial charge in [0.2, 0.25) is 5.88 Å². The van der Waals surface area contributed by atoms with Crippen LogP contribution < -0.4 is 4.74 Å². The molecule has 4 nitrogen and oxygen atoms in total. The van der Waals surface area contributed by atoms with Crippen LogP contribution in [0, 0.1) is 0 Å². The Morgan fingerprint density at radius 3 is 2.88 bits per heavy atom. The van der Waals surface area contributed by atoms with Crippen molar-refractivity contribution < 1.29 is 14.6 Å². The summed E-state index contributed by atoms with van der Waals surface area (Å²) in [5, 5.41) is 9.09. The van der Waals surface area contributed by atoms with Gasteiger partial charge in [0.05, 0.1) is 6.10 Å². The predicted molar refractivity (Wildman–Crippen MR) is 59.0 cm³/mol. The zero-order valence-electron chi connectivity index (χ0n) is 9.49. The Morgan fingerprint density at radius 2 is 2.25 bits per heavy atom. The van der Waals surface area contributed by atoms with E-state index in [0.717, 1.165) is 30.5 Å². The van der Waals surface area contributed by atoms with Crippen LogP contribution in [0.3, 0.4) is 0 Å². The van der Waals surface area contributed by atoms with Crippen LogP contribution in [0.15, 0.2) is 6.07 Å². The van der Waals surface area contributed by atoms with E-state index in [-0.39, 0.29) is 17.5 Å². The molecule has 0 aromatic carbocycles. The number of aromatic nitrogens is 1. The van der Waals surface area contributed by atoms with Gasteiger partial charge in [0.1, 0.15) is 5.56 Å². The fourth-order valence-corrected chi connectivity index (χ4v) is 1.92. The number of carboxylic acid groups (broad SMARTS) is 1. The highest BCUT2D eigenvalue weighted by Gasteiger charge is 2.21. The molecule has 1 aromatic heterocycles. The summed E-state index contributed by atoms with van der Waals surface area (Å²) >= 11 is 0. The quantitative estimate of drug-likeness (QED) is 0.848. The largest absolute Gasteiger partial charge is 0.477 e. The summed E-state index contributed by atoms with van der Waals surface area (Å²) in [5.41, 5.74) is 2.21. The van der Waals surface area contributed by atoms with Crippen molar-refractivity contribution in [2.24, 2.45) is 0 Å². The Morgan fingerprint density at radius 1 is 1.50 bits per heavy atom. The molecule has 0 fully saturated rings. The van der Waals surface area contributed by atoms with Crippen molar-refractivity contribution in [3.63, 3.8) is 0 Å². The Bertz CT molecular complexity index is 427. The lowest BCUT2D eigenvalue weighted by Crippen LogP contribution is -2.12. The number of carbonyl (C=O) groups is 1. The van der Waals surface area contributed by atoms with Crippen LogP contribution in [0.5, 0.6) is 5.88 Å². The lowest BCUT2D eigenvalue weighted by atomic mass is 10.1. The molecule has 2 rings (SSSR count). The van der Waals surface area contributed by atoms with Gasteiger partial charge in [-0.1, -0.05) is 0 Å². The van der Waals surface area contributed by atoms with Gasteiger partial charge in [-0.2, -0.15) is 0 Å². The van der Waals surface area contributed by atoms with E-state index in [2.05, 4.69) is 4.98 Å². The molecule has 1 aliphatic rings. The third-order valence-corrected chi connectivity index (χ3v) is 2.59. The topological polar surface area (TPSA) is 59.4 Å². The molecular formula is C12H15NO3. The third kappa shape index (κ3) is 2.01. The predicted octanol–water partition coefficient (Wildman–Crippen LogP) is 2.06. The molecule has 0 amide bonds. The highest BCUT2D eigenvalue weighted by Crippen LogP contribution is 2.27. The molecule has 1 heterocycles. The van der Waals surface area contributed by atoms with Gasteiger partial charge in [-0.25, -0.2) is 9.78 Å². The van der Waals surface area contributed by atoms with Crippen molar-refractivity contribution >= 4 is 5.97 Å². The van der Waals surface area contributed by atoms with E-state index in [1.54, 1.807) is 6.07 Å². The first-order valence-electron chi connectivity index (χ1n) is 5.50. The number of hydrogen-bond donors (Lipinski definition) is 1. The monoisotopic (exact) mass is 221 g/mol. The van der Waals surface area contributed by atoms with Crippen molar-refractivity contribution in [2.45, 2.75) is 39.2 Å². The van der Waals surface area contributed by atoms with E-state index in [0.29, 0.717) is 0 Å². The number of hydrogen-bond acceptors (Lipinski definition) is 3.